The summed E-state index contributed by atoms with van der Waals surface area (Å²) in [5.74, 6) is 0.0491. The molecular weight excluding hydrogens is 364 g/mol. The summed E-state index contributed by atoms with van der Waals surface area (Å²) < 4.78 is 0. The molecule has 0 aliphatic carbocycles. The van der Waals surface area contributed by atoms with E-state index in [0.717, 1.165) is 33.7 Å². The second-order valence-corrected chi connectivity index (χ2v) is 6.57. The Balaban J connectivity index is 1.75. The highest BCUT2D eigenvalue weighted by molar-refractivity contribution is 5.99. The molecule has 3 aromatic heterocycles. The van der Waals surface area contributed by atoms with Crippen molar-refractivity contribution in [3.05, 3.63) is 78.8 Å². The number of fused-ring (bicyclic) bond motifs is 1. The largest absolute Gasteiger partial charge is 0.366 e. The van der Waals surface area contributed by atoms with E-state index in [2.05, 4.69) is 19.9 Å². The van der Waals surface area contributed by atoms with Crippen LogP contribution in [0.3, 0.4) is 0 Å². The van der Waals surface area contributed by atoms with Crippen LogP contribution < -0.4 is 5.73 Å². The van der Waals surface area contributed by atoms with Crippen LogP contribution in [0.25, 0.3) is 45.1 Å². The molecule has 4 N–H and O–H groups in total. The van der Waals surface area contributed by atoms with E-state index in [0.29, 0.717) is 17.0 Å². The van der Waals surface area contributed by atoms with Gasteiger partial charge in [0.1, 0.15) is 5.82 Å². The topological polar surface area (TPSA) is 113 Å². The molecule has 0 atom stereocenters. The maximum absolute atomic E-state index is 11.9. The highest BCUT2D eigenvalue weighted by Gasteiger charge is 2.19. The van der Waals surface area contributed by atoms with Crippen LogP contribution in [-0.2, 0) is 0 Å². The highest BCUT2D eigenvalue weighted by atomic mass is 16.1. The number of pyridine rings is 1. The average molecular weight is 380 g/mol. The Morgan fingerprint density at radius 1 is 0.966 bits per heavy atom. The van der Waals surface area contributed by atoms with Gasteiger partial charge in [0.05, 0.1) is 40.0 Å². The van der Waals surface area contributed by atoms with Crippen molar-refractivity contribution >= 4 is 16.9 Å². The van der Waals surface area contributed by atoms with Crippen molar-refractivity contribution in [2.75, 3.05) is 0 Å². The number of hydrogen-bond acceptors (Lipinski definition) is 4. The molecule has 0 bridgehead atoms. The molecule has 0 aliphatic rings. The average Bonchev–Trinajstić information content (AvgIpc) is 3.41. The molecule has 5 rings (SSSR count). The zero-order valence-corrected chi connectivity index (χ0v) is 15.3. The first-order valence-corrected chi connectivity index (χ1v) is 9.05. The summed E-state index contributed by atoms with van der Waals surface area (Å²) in [6, 6.07) is 18.7. The highest BCUT2D eigenvalue weighted by Crippen LogP contribution is 2.34. The van der Waals surface area contributed by atoms with E-state index in [-0.39, 0.29) is 0 Å². The molecule has 7 heteroatoms. The molecular formula is C22H16N6O. The van der Waals surface area contributed by atoms with Crippen molar-refractivity contribution in [1.29, 1.82) is 0 Å². The number of rotatable bonds is 4. The van der Waals surface area contributed by atoms with E-state index in [1.54, 1.807) is 24.7 Å². The molecule has 140 valence electrons. The fourth-order valence-corrected chi connectivity index (χ4v) is 3.39. The number of carbonyl (C=O) groups excluding carboxylic acids is 1. The zero-order valence-electron chi connectivity index (χ0n) is 15.3. The molecule has 0 radical (unpaired) electrons. The Hall–Kier alpha value is -4.26. The van der Waals surface area contributed by atoms with E-state index < -0.39 is 5.91 Å². The number of carbonyl (C=O) groups is 1. The third-order valence-electron chi connectivity index (χ3n) is 4.77. The first-order chi connectivity index (χ1) is 14.2. The van der Waals surface area contributed by atoms with Crippen molar-refractivity contribution in [1.82, 2.24) is 24.9 Å². The maximum atomic E-state index is 11.9. The smallest absolute Gasteiger partial charge is 0.249 e. The lowest BCUT2D eigenvalue weighted by atomic mass is 10.1. The van der Waals surface area contributed by atoms with Crippen molar-refractivity contribution in [3.8, 4) is 34.0 Å². The molecule has 1 amide bonds. The van der Waals surface area contributed by atoms with Crippen LogP contribution in [0.1, 0.15) is 10.4 Å². The third kappa shape index (κ3) is 2.94. The number of benzene rings is 2. The first kappa shape index (κ1) is 16.9. The number of primary amides is 1. The van der Waals surface area contributed by atoms with E-state index in [1.165, 1.54) is 0 Å². The van der Waals surface area contributed by atoms with Crippen LogP contribution in [0.4, 0.5) is 0 Å². The van der Waals surface area contributed by atoms with Gasteiger partial charge in [0.2, 0.25) is 5.91 Å². The van der Waals surface area contributed by atoms with Gasteiger partial charge in [0.15, 0.2) is 0 Å². The van der Waals surface area contributed by atoms with Gasteiger partial charge in [0, 0.05) is 17.3 Å². The van der Waals surface area contributed by atoms with Crippen molar-refractivity contribution < 1.29 is 4.79 Å². The maximum Gasteiger partial charge on any atom is 0.249 e. The van der Waals surface area contributed by atoms with Gasteiger partial charge in [-0.3, -0.25) is 9.78 Å². The van der Waals surface area contributed by atoms with Gasteiger partial charge in [-0.2, -0.15) is 0 Å². The van der Waals surface area contributed by atoms with Gasteiger partial charge in [-0.1, -0.05) is 30.3 Å². The Bertz CT molecular complexity index is 1340. The fraction of sp³-hybridized carbons (Fsp3) is 0. The summed E-state index contributed by atoms with van der Waals surface area (Å²) in [7, 11) is 0. The molecule has 0 saturated heterocycles. The predicted molar refractivity (Wildman–Crippen MR) is 111 cm³/mol. The normalized spacial score (nSPS) is 11.0. The van der Waals surface area contributed by atoms with Crippen molar-refractivity contribution in [2.45, 2.75) is 0 Å². The number of imidazole rings is 2. The number of H-pyrrole nitrogens is 2. The van der Waals surface area contributed by atoms with E-state index >= 15 is 0 Å². The second kappa shape index (κ2) is 6.72. The van der Waals surface area contributed by atoms with Gasteiger partial charge >= 0.3 is 0 Å². The van der Waals surface area contributed by atoms with Crippen molar-refractivity contribution in [3.63, 3.8) is 0 Å². The van der Waals surface area contributed by atoms with Crippen LogP contribution >= 0.6 is 0 Å². The number of nitrogens with two attached hydrogens (primary N) is 1. The Morgan fingerprint density at radius 2 is 1.83 bits per heavy atom. The third-order valence-corrected chi connectivity index (χ3v) is 4.77. The number of amides is 1. The van der Waals surface area contributed by atoms with Gasteiger partial charge in [-0.25, -0.2) is 9.97 Å². The summed E-state index contributed by atoms with van der Waals surface area (Å²) in [5.41, 5.74) is 11.5. The van der Waals surface area contributed by atoms with Gasteiger partial charge in [-0.15, -0.1) is 0 Å². The quantitative estimate of drug-likeness (QED) is 0.440. The Kier molecular flexibility index (Phi) is 3.91. The molecule has 7 nitrogen and oxygen atoms in total. The van der Waals surface area contributed by atoms with Gasteiger partial charge in [0.25, 0.3) is 0 Å². The number of nitrogens with zero attached hydrogens (tertiary/aromatic N) is 3. The molecule has 0 aliphatic heterocycles. The summed E-state index contributed by atoms with van der Waals surface area (Å²) in [6.07, 6.45) is 3.39. The van der Waals surface area contributed by atoms with E-state index in [4.69, 9.17) is 10.7 Å². The summed E-state index contributed by atoms with van der Waals surface area (Å²) in [5, 5.41) is 0. The minimum Gasteiger partial charge on any atom is -0.366 e. The van der Waals surface area contributed by atoms with Crippen LogP contribution in [0.15, 0.2) is 73.2 Å². The Labute approximate surface area is 165 Å². The van der Waals surface area contributed by atoms with E-state index in [1.807, 2.05) is 48.5 Å². The number of aromatic amines is 2. The monoisotopic (exact) mass is 380 g/mol. The lowest BCUT2D eigenvalue weighted by Gasteiger charge is -2.03. The Morgan fingerprint density at radius 3 is 2.66 bits per heavy atom. The van der Waals surface area contributed by atoms with Crippen LogP contribution in [-0.4, -0.2) is 30.8 Å². The second-order valence-electron chi connectivity index (χ2n) is 6.57. The number of hydrogen-bond donors (Lipinski definition) is 3. The molecule has 0 fully saturated rings. The molecule has 2 aromatic carbocycles. The van der Waals surface area contributed by atoms with Gasteiger partial charge < -0.3 is 15.7 Å². The summed E-state index contributed by atoms with van der Waals surface area (Å²) >= 11 is 0. The lowest BCUT2D eigenvalue weighted by Crippen LogP contribution is -2.12. The molecule has 0 spiro atoms. The molecule has 0 unspecified atom stereocenters. The lowest BCUT2D eigenvalue weighted by molar-refractivity contribution is 0.100. The van der Waals surface area contributed by atoms with Gasteiger partial charge in [-0.05, 0) is 30.3 Å². The van der Waals surface area contributed by atoms with Crippen LogP contribution in [0.2, 0.25) is 0 Å². The first-order valence-electron chi connectivity index (χ1n) is 9.05. The van der Waals surface area contributed by atoms with Crippen LogP contribution in [0, 0.1) is 0 Å². The minimum absolute atomic E-state index is 0.406. The fourth-order valence-electron chi connectivity index (χ4n) is 3.39. The molecule has 0 saturated carbocycles. The van der Waals surface area contributed by atoms with Crippen molar-refractivity contribution in [2.24, 2.45) is 5.73 Å². The predicted octanol–water partition coefficient (Wildman–Crippen LogP) is 3.78. The molecule has 29 heavy (non-hydrogen) atoms. The van der Waals surface area contributed by atoms with Crippen LogP contribution in [0.5, 0.6) is 0 Å². The zero-order chi connectivity index (χ0) is 19.8. The SMILES string of the molecule is NC(=O)c1ccccc1-c1nc(-c2ccc3[nH]cnc3c2)c(-c2ccccn2)[nH]1. The number of aromatic nitrogens is 5. The molecule has 5 aromatic rings. The van der Waals surface area contributed by atoms with E-state index in [9.17, 15) is 4.79 Å². The molecule has 3 heterocycles. The standard InChI is InChI=1S/C22H16N6O/c23-21(29)14-5-1-2-6-15(14)22-27-19(20(28-22)17-7-3-4-10-24-17)13-8-9-16-18(11-13)26-12-25-16/h1-12H,(H2,23,29)(H,25,26)(H,27,28). The summed E-state index contributed by atoms with van der Waals surface area (Å²) in [4.78, 5) is 32.0. The number of nitrogens with one attached hydrogen (secondary N) is 2. The minimum atomic E-state index is -0.504. The summed E-state index contributed by atoms with van der Waals surface area (Å²) in [6.45, 7) is 0.